The van der Waals surface area contributed by atoms with Gasteiger partial charge < -0.3 is 11.1 Å². The highest BCUT2D eigenvalue weighted by Gasteiger charge is 2.20. The molecular weight excluding hydrogens is 380 g/mol. The van der Waals surface area contributed by atoms with Crippen LogP contribution in [-0.2, 0) is 11.3 Å². The molecule has 0 saturated carbocycles. The fourth-order valence-electron chi connectivity index (χ4n) is 2.32. The molecule has 134 valence electrons. The number of hydrogen-bond donors (Lipinski definition) is 2. The summed E-state index contributed by atoms with van der Waals surface area (Å²) in [5.41, 5.74) is 5.78. The minimum atomic E-state index is -0.511. The van der Waals surface area contributed by atoms with Crippen molar-refractivity contribution in [2.75, 3.05) is 6.54 Å². The first kappa shape index (κ1) is 19.6. The highest BCUT2D eigenvalue weighted by atomic mass is 35.5. The molecule has 0 unspecified atom stereocenters. The maximum absolute atomic E-state index is 12.8. The number of nitrogens with one attached hydrogen (secondary N) is 1. The Kier molecular flexibility index (Phi) is 5.99. The van der Waals surface area contributed by atoms with Crippen LogP contribution in [0.5, 0.6) is 0 Å². The maximum atomic E-state index is 12.8. The van der Waals surface area contributed by atoms with E-state index in [2.05, 4.69) is 10.3 Å². The molecular formula is C16H19ClN4O2S2. The molecule has 0 atom stereocenters. The second-order valence-corrected chi connectivity index (χ2v) is 7.93. The van der Waals surface area contributed by atoms with Crippen LogP contribution in [0.1, 0.15) is 13.8 Å². The summed E-state index contributed by atoms with van der Waals surface area (Å²) in [7, 11) is 0. The van der Waals surface area contributed by atoms with Crippen LogP contribution in [0.3, 0.4) is 0 Å². The molecule has 3 N–H and O–H groups in total. The lowest BCUT2D eigenvalue weighted by Crippen LogP contribution is -2.50. The van der Waals surface area contributed by atoms with E-state index in [1.807, 2.05) is 36.7 Å². The number of carbonyl (C=O) groups excluding carboxylic acids is 1. The summed E-state index contributed by atoms with van der Waals surface area (Å²) in [6.07, 6.45) is 1.42. The first-order valence-corrected chi connectivity index (χ1v) is 9.19. The molecule has 3 aromatic heterocycles. The number of amides is 1. The van der Waals surface area contributed by atoms with Crippen molar-refractivity contribution in [3.05, 3.63) is 39.6 Å². The number of fused-ring (bicyclic) bond motifs is 1. The van der Waals surface area contributed by atoms with Crippen molar-refractivity contribution >= 4 is 51.2 Å². The molecule has 3 aromatic rings. The number of rotatable bonds is 5. The number of halogens is 1. The second-order valence-electron chi connectivity index (χ2n) is 6.12. The van der Waals surface area contributed by atoms with Gasteiger partial charge in [0.15, 0.2) is 0 Å². The Bertz CT molecular complexity index is 931. The van der Waals surface area contributed by atoms with E-state index in [4.69, 9.17) is 5.73 Å². The van der Waals surface area contributed by atoms with Crippen LogP contribution in [0, 0.1) is 0 Å². The van der Waals surface area contributed by atoms with Gasteiger partial charge in [0.25, 0.3) is 5.56 Å². The van der Waals surface area contributed by atoms with Crippen molar-refractivity contribution in [2.45, 2.75) is 25.9 Å². The van der Waals surface area contributed by atoms with E-state index in [1.54, 1.807) is 11.3 Å². The third-order valence-corrected chi connectivity index (χ3v) is 5.44. The van der Waals surface area contributed by atoms with Gasteiger partial charge in [0.1, 0.15) is 11.4 Å². The first-order chi connectivity index (χ1) is 11.4. The molecule has 0 aliphatic heterocycles. The van der Waals surface area contributed by atoms with E-state index in [9.17, 15) is 9.59 Å². The van der Waals surface area contributed by atoms with Gasteiger partial charge in [0, 0.05) is 27.9 Å². The van der Waals surface area contributed by atoms with Gasteiger partial charge in [-0.05, 0) is 25.3 Å². The standard InChI is InChI=1S/C16H18N4O2S2.ClH/c1-16(2,8-17)19-12(21)6-20-9-18-14-13(15(20)22)10(7-24-14)11-4-3-5-23-11;/h3-5,7,9H,6,8,17H2,1-2H3,(H,19,21);1H. The second kappa shape index (κ2) is 7.65. The van der Waals surface area contributed by atoms with Crippen molar-refractivity contribution in [1.29, 1.82) is 0 Å². The maximum Gasteiger partial charge on any atom is 0.263 e. The van der Waals surface area contributed by atoms with Gasteiger partial charge >= 0.3 is 0 Å². The van der Waals surface area contributed by atoms with Crippen LogP contribution < -0.4 is 16.6 Å². The van der Waals surface area contributed by atoms with E-state index < -0.39 is 5.54 Å². The summed E-state index contributed by atoms with van der Waals surface area (Å²) >= 11 is 3.01. The Hall–Kier alpha value is -1.74. The van der Waals surface area contributed by atoms with E-state index in [-0.39, 0.29) is 30.4 Å². The molecule has 0 aliphatic rings. The van der Waals surface area contributed by atoms with Gasteiger partial charge in [-0.1, -0.05) is 6.07 Å². The lowest BCUT2D eigenvalue weighted by molar-refractivity contribution is -0.123. The van der Waals surface area contributed by atoms with Crippen molar-refractivity contribution in [2.24, 2.45) is 5.73 Å². The molecule has 6 nitrogen and oxygen atoms in total. The summed E-state index contributed by atoms with van der Waals surface area (Å²) in [4.78, 5) is 31.0. The van der Waals surface area contributed by atoms with Crippen LogP contribution in [0.25, 0.3) is 20.7 Å². The van der Waals surface area contributed by atoms with Gasteiger partial charge in [0.2, 0.25) is 5.91 Å². The summed E-state index contributed by atoms with van der Waals surface area (Å²) in [6, 6.07) is 3.92. The lowest BCUT2D eigenvalue weighted by Gasteiger charge is -2.24. The first-order valence-electron chi connectivity index (χ1n) is 7.43. The van der Waals surface area contributed by atoms with Crippen LogP contribution in [0.4, 0.5) is 0 Å². The zero-order valence-corrected chi connectivity index (χ0v) is 16.3. The van der Waals surface area contributed by atoms with Crippen molar-refractivity contribution in [3.63, 3.8) is 0 Å². The molecule has 0 bridgehead atoms. The van der Waals surface area contributed by atoms with Crippen LogP contribution >= 0.6 is 35.1 Å². The average Bonchev–Trinajstić information content (AvgIpc) is 3.18. The topological polar surface area (TPSA) is 90.0 Å². The largest absolute Gasteiger partial charge is 0.348 e. The van der Waals surface area contributed by atoms with E-state index in [0.29, 0.717) is 16.8 Å². The molecule has 9 heteroatoms. The third-order valence-electron chi connectivity index (χ3n) is 3.65. The number of thiophene rings is 2. The quantitative estimate of drug-likeness (QED) is 0.690. The van der Waals surface area contributed by atoms with Gasteiger partial charge in [-0.15, -0.1) is 35.1 Å². The highest BCUT2D eigenvalue weighted by Crippen LogP contribution is 2.33. The van der Waals surface area contributed by atoms with Crippen molar-refractivity contribution < 1.29 is 4.79 Å². The fraction of sp³-hybridized carbons (Fsp3) is 0.312. The fourth-order valence-corrected chi connectivity index (χ4v) is 4.04. The highest BCUT2D eigenvalue weighted by molar-refractivity contribution is 7.18. The lowest BCUT2D eigenvalue weighted by atomic mass is 10.1. The van der Waals surface area contributed by atoms with Crippen LogP contribution in [0.2, 0.25) is 0 Å². The monoisotopic (exact) mass is 398 g/mol. The van der Waals surface area contributed by atoms with E-state index in [0.717, 1.165) is 10.4 Å². The van der Waals surface area contributed by atoms with Crippen LogP contribution in [0.15, 0.2) is 34.0 Å². The number of aromatic nitrogens is 2. The zero-order chi connectivity index (χ0) is 17.3. The Morgan fingerprint density at radius 3 is 2.80 bits per heavy atom. The Labute approximate surface area is 159 Å². The predicted molar refractivity (Wildman–Crippen MR) is 106 cm³/mol. The number of hydrogen-bond acceptors (Lipinski definition) is 6. The summed E-state index contributed by atoms with van der Waals surface area (Å²) in [5, 5.41) is 7.29. The summed E-state index contributed by atoms with van der Waals surface area (Å²) in [6.45, 7) is 3.91. The Morgan fingerprint density at radius 1 is 1.40 bits per heavy atom. The molecule has 0 aromatic carbocycles. The van der Waals surface area contributed by atoms with E-state index in [1.165, 1.54) is 22.2 Å². The number of nitrogens with zero attached hydrogens (tertiary/aromatic N) is 2. The molecule has 0 spiro atoms. The van der Waals surface area contributed by atoms with Crippen molar-refractivity contribution in [3.8, 4) is 10.4 Å². The minimum absolute atomic E-state index is 0. The molecule has 0 aliphatic carbocycles. The molecule has 25 heavy (non-hydrogen) atoms. The minimum Gasteiger partial charge on any atom is -0.348 e. The smallest absolute Gasteiger partial charge is 0.263 e. The predicted octanol–water partition coefficient (Wildman–Crippen LogP) is 2.46. The number of carbonyl (C=O) groups is 1. The molecule has 3 heterocycles. The van der Waals surface area contributed by atoms with Gasteiger partial charge in [-0.3, -0.25) is 14.2 Å². The van der Waals surface area contributed by atoms with Gasteiger partial charge in [-0.2, -0.15) is 0 Å². The Balaban J connectivity index is 0.00000225. The molecule has 3 rings (SSSR count). The third kappa shape index (κ3) is 4.09. The summed E-state index contributed by atoms with van der Waals surface area (Å²) in [5.74, 6) is -0.262. The molecule has 0 saturated heterocycles. The normalized spacial score (nSPS) is 11.3. The van der Waals surface area contributed by atoms with E-state index >= 15 is 0 Å². The Morgan fingerprint density at radius 2 is 2.16 bits per heavy atom. The number of nitrogens with two attached hydrogens (primary N) is 1. The summed E-state index contributed by atoms with van der Waals surface area (Å²) < 4.78 is 1.34. The van der Waals surface area contributed by atoms with Crippen molar-refractivity contribution in [1.82, 2.24) is 14.9 Å². The molecule has 1 amide bonds. The molecule has 0 radical (unpaired) electrons. The van der Waals surface area contributed by atoms with Gasteiger partial charge in [0.05, 0.1) is 11.7 Å². The van der Waals surface area contributed by atoms with Crippen LogP contribution in [-0.4, -0.2) is 27.5 Å². The SMILES string of the molecule is CC(C)(CN)NC(=O)Cn1cnc2scc(-c3cccs3)c2c1=O.Cl. The van der Waals surface area contributed by atoms with Gasteiger partial charge in [-0.25, -0.2) is 4.98 Å². The average molecular weight is 399 g/mol. The molecule has 0 fully saturated rings. The zero-order valence-electron chi connectivity index (χ0n) is 13.8.